The quantitative estimate of drug-likeness (QED) is 0.881. The summed E-state index contributed by atoms with van der Waals surface area (Å²) in [6, 6.07) is 9.43. The van der Waals surface area contributed by atoms with Gasteiger partial charge in [-0.3, -0.25) is 0 Å². The third-order valence-electron chi connectivity index (χ3n) is 2.45. The van der Waals surface area contributed by atoms with Crippen molar-refractivity contribution in [2.45, 2.75) is 5.16 Å². The van der Waals surface area contributed by atoms with E-state index in [1.807, 2.05) is 30.3 Å². The lowest BCUT2D eigenvalue weighted by Gasteiger charge is -2.10. The molecule has 2 heterocycles. The molecule has 0 aliphatic carbocycles. The van der Waals surface area contributed by atoms with Crippen LogP contribution in [0.4, 0.5) is 0 Å². The van der Waals surface area contributed by atoms with Crippen LogP contribution in [-0.2, 0) is 4.79 Å². The predicted molar refractivity (Wildman–Crippen MR) is 66.7 cm³/mol. The molecule has 7 heteroatoms. The SMILES string of the molecule is O=C(O)C1=Nn2c(nnc2-c2ccccc2)SC1. The van der Waals surface area contributed by atoms with Crippen molar-refractivity contribution < 1.29 is 9.90 Å². The number of nitrogens with zero attached hydrogens (tertiary/aromatic N) is 4. The molecular weight excluding hydrogens is 252 g/mol. The van der Waals surface area contributed by atoms with Crippen molar-refractivity contribution in [1.82, 2.24) is 14.9 Å². The van der Waals surface area contributed by atoms with Gasteiger partial charge in [0, 0.05) is 5.56 Å². The van der Waals surface area contributed by atoms with Crippen LogP contribution in [0.15, 0.2) is 40.6 Å². The van der Waals surface area contributed by atoms with Crippen LogP contribution in [0.1, 0.15) is 0 Å². The average Bonchev–Trinajstić information content (AvgIpc) is 2.82. The van der Waals surface area contributed by atoms with E-state index in [0.29, 0.717) is 16.7 Å². The average molecular weight is 260 g/mol. The molecule has 1 aromatic heterocycles. The first kappa shape index (κ1) is 11.0. The van der Waals surface area contributed by atoms with Crippen molar-refractivity contribution in [3.8, 4) is 11.4 Å². The maximum atomic E-state index is 10.9. The van der Waals surface area contributed by atoms with Gasteiger partial charge in [0.1, 0.15) is 0 Å². The molecule has 0 fully saturated rings. The highest BCUT2D eigenvalue weighted by Gasteiger charge is 2.22. The Balaban J connectivity index is 2.12. The number of benzene rings is 1. The van der Waals surface area contributed by atoms with Crippen LogP contribution in [-0.4, -0.2) is 37.4 Å². The Morgan fingerprint density at radius 2 is 2.06 bits per heavy atom. The van der Waals surface area contributed by atoms with Crippen LogP contribution in [0.5, 0.6) is 0 Å². The third kappa shape index (κ3) is 1.78. The van der Waals surface area contributed by atoms with Gasteiger partial charge in [0.25, 0.3) is 0 Å². The second-order valence-corrected chi connectivity index (χ2v) is 4.57. The van der Waals surface area contributed by atoms with Crippen molar-refractivity contribution in [2.75, 3.05) is 5.75 Å². The number of hydrogen-bond acceptors (Lipinski definition) is 5. The number of carbonyl (C=O) groups is 1. The van der Waals surface area contributed by atoms with Gasteiger partial charge in [0.05, 0.1) is 5.75 Å². The summed E-state index contributed by atoms with van der Waals surface area (Å²) in [5.74, 6) is -0.153. The molecule has 0 atom stereocenters. The van der Waals surface area contributed by atoms with E-state index in [2.05, 4.69) is 15.3 Å². The molecule has 0 spiro atoms. The zero-order chi connectivity index (χ0) is 12.5. The third-order valence-corrected chi connectivity index (χ3v) is 3.38. The summed E-state index contributed by atoms with van der Waals surface area (Å²) < 4.78 is 1.48. The molecule has 6 nitrogen and oxygen atoms in total. The number of thioether (sulfide) groups is 1. The zero-order valence-corrected chi connectivity index (χ0v) is 9.96. The molecule has 90 valence electrons. The van der Waals surface area contributed by atoms with Gasteiger partial charge < -0.3 is 5.11 Å². The number of aromatic nitrogens is 3. The van der Waals surface area contributed by atoms with Gasteiger partial charge in [-0.25, -0.2) is 4.79 Å². The van der Waals surface area contributed by atoms with Crippen molar-refractivity contribution in [1.29, 1.82) is 0 Å². The van der Waals surface area contributed by atoms with Crippen molar-refractivity contribution >= 4 is 23.4 Å². The van der Waals surface area contributed by atoms with Gasteiger partial charge in [0.2, 0.25) is 5.16 Å². The molecule has 0 unspecified atom stereocenters. The molecule has 0 saturated carbocycles. The van der Waals surface area contributed by atoms with Crippen LogP contribution in [0.3, 0.4) is 0 Å². The first-order valence-electron chi connectivity index (χ1n) is 5.20. The van der Waals surface area contributed by atoms with Crippen LogP contribution in [0.25, 0.3) is 11.4 Å². The Hall–Kier alpha value is -2.15. The molecule has 1 aliphatic heterocycles. The van der Waals surface area contributed by atoms with Crippen LogP contribution < -0.4 is 0 Å². The smallest absolute Gasteiger partial charge is 0.352 e. The molecule has 0 bridgehead atoms. The standard InChI is InChI=1S/C11H8N4O2S/c16-10(17)8-6-18-11-13-12-9(15(11)14-8)7-4-2-1-3-5-7/h1-5H,6H2,(H,16,17). The molecule has 18 heavy (non-hydrogen) atoms. The Labute approximate surface area is 106 Å². The van der Waals surface area contributed by atoms with Crippen molar-refractivity contribution in [3.05, 3.63) is 30.3 Å². The second kappa shape index (κ2) is 4.26. The van der Waals surface area contributed by atoms with Gasteiger partial charge >= 0.3 is 5.97 Å². The van der Waals surface area contributed by atoms with E-state index in [-0.39, 0.29) is 5.71 Å². The molecule has 1 aromatic carbocycles. The fraction of sp³-hybridized carbons (Fsp3) is 0.0909. The predicted octanol–water partition coefficient (Wildman–Crippen LogP) is 1.34. The van der Waals surface area contributed by atoms with Gasteiger partial charge in [-0.1, -0.05) is 42.1 Å². The minimum absolute atomic E-state index is 0.101. The number of carboxylic acids is 1. The first-order valence-corrected chi connectivity index (χ1v) is 6.19. The maximum Gasteiger partial charge on any atom is 0.352 e. The van der Waals surface area contributed by atoms with E-state index in [4.69, 9.17) is 5.11 Å². The molecule has 3 rings (SSSR count). The lowest BCUT2D eigenvalue weighted by Crippen LogP contribution is -2.21. The number of hydrogen-bond donors (Lipinski definition) is 1. The molecule has 0 radical (unpaired) electrons. The van der Waals surface area contributed by atoms with E-state index >= 15 is 0 Å². The number of rotatable bonds is 2. The fourth-order valence-corrected chi connectivity index (χ4v) is 2.40. The largest absolute Gasteiger partial charge is 0.477 e. The highest BCUT2D eigenvalue weighted by molar-refractivity contribution is 8.00. The molecule has 1 N–H and O–H groups in total. The normalized spacial score (nSPS) is 13.9. The van der Waals surface area contributed by atoms with E-state index in [9.17, 15) is 4.79 Å². The minimum atomic E-state index is -1.01. The summed E-state index contributed by atoms with van der Waals surface area (Å²) in [4.78, 5) is 10.9. The summed E-state index contributed by atoms with van der Waals surface area (Å²) in [6.45, 7) is 0. The second-order valence-electron chi connectivity index (χ2n) is 3.62. The lowest BCUT2D eigenvalue weighted by molar-refractivity contribution is -0.129. The summed E-state index contributed by atoms with van der Waals surface area (Å²) in [5, 5.41) is 21.7. The first-order chi connectivity index (χ1) is 8.75. The number of carboxylic acid groups (broad SMARTS) is 1. The maximum absolute atomic E-state index is 10.9. The van der Waals surface area contributed by atoms with E-state index < -0.39 is 5.97 Å². The summed E-state index contributed by atoms with van der Waals surface area (Å²) in [7, 11) is 0. The van der Waals surface area contributed by atoms with Gasteiger partial charge in [-0.05, 0) is 0 Å². The van der Waals surface area contributed by atoms with Crippen LogP contribution in [0.2, 0.25) is 0 Å². The molecule has 0 saturated heterocycles. The van der Waals surface area contributed by atoms with Gasteiger partial charge in [0.15, 0.2) is 11.5 Å². The van der Waals surface area contributed by atoms with Crippen molar-refractivity contribution in [2.24, 2.45) is 5.10 Å². The molecule has 2 aromatic rings. The Morgan fingerprint density at radius 3 is 2.78 bits per heavy atom. The van der Waals surface area contributed by atoms with E-state index in [1.165, 1.54) is 16.4 Å². The van der Waals surface area contributed by atoms with Gasteiger partial charge in [-0.15, -0.1) is 10.2 Å². The summed E-state index contributed by atoms with van der Waals surface area (Å²) in [6.07, 6.45) is 0. The lowest BCUT2D eigenvalue weighted by atomic mass is 10.2. The Morgan fingerprint density at radius 1 is 1.28 bits per heavy atom. The highest BCUT2D eigenvalue weighted by atomic mass is 32.2. The summed E-state index contributed by atoms with van der Waals surface area (Å²) in [5.41, 5.74) is 0.955. The molecular formula is C11H8N4O2S. The number of aliphatic carboxylic acids is 1. The van der Waals surface area contributed by atoms with Crippen LogP contribution in [0, 0.1) is 0 Å². The highest BCUT2D eigenvalue weighted by Crippen LogP contribution is 2.26. The summed E-state index contributed by atoms with van der Waals surface area (Å²) >= 11 is 1.32. The molecule has 1 aliphatic rings. The fourth-order valence-electron chi connectivity index (χ4n) is 1.60. The Kier molecular flexibility index (Phi) is 2.60. The topological polar surface area (TPSA) is 80.4 Å². The molecule has 0 amide bonds. The van der Waals surface area contributed by atoms with Gasteiger partial charge in [-0.2, -0.15) is 9.78 Å². The van der Waals surface area contributed by atoms with Crippen LogP contribution >= 0.6 is 11.8 Å². The number of fused-ring (bicyclic) bond motifs is 1. The monoisotopic (exact) mass is 260 g/mol. The zero-order valence-electron chi connectivity index (χ0n) is 9.15. The van der Waals surface area contributed by atoms with E-state index in [1.54, 1.807) is 0 Å². The Bertz CT molecular complexity index is 636. The minimum Gasteiger partial charge on any atom is -0.477 e. The van der Waals surface area contributed by atoms with Crippen molar-refractivity contribution in [3.63, 3.8) is 0 Å². The van der Waals surface area contributed by atoms with E-state index in [0.717, 1.165) is 5.56 Å².